The van der Waals surface area contributed by atoms with Crippen LogP contribution >= 0.6 is 11.8 Å². The average molecular weight is 440 g/mol. The first kappa shape index (κ1) is 21.0. The summed E-state index contributed by atoms with van der Waals surface area (Å²) in [5, 5.41) is 10.3. The first-order chi connectivity index (χ1) is 15.1. The lowest BCUT2D eigenvalue weighted by atomic mass is 9.93. The highest BCUT2D eigenvalue weighted by Crippen LogP contribution is 2.29. The second-order valence-corrected chi connectivity index (χ2v) is 8.06. The Morgan fingerprint density at radius 3 is 2.71 bits per heavy atom. The number of amides is 2. The maximum absolute atomic E-state index is 13.8. The first-order valence-electron chi connectivity index (χ1n) is 9.96. The molecule has 0 spiro atoms. The molecule has 31 heavy (non-hydrogen) atoms. The fourth-order valence-electron chi connectivity index (χ4n) is 3.69. The van der Waals surface area contributed by atoms with Crippen molar-refractivity contribution in [1.29, 1.82) is 0 Å². The van der Waals surface area contributed by atoms with Crippen molar-refractivity contribution in [2.45, 2.75) is 23.8 Å². The average Bonchev–Trinajstić information content (AvgIpc) is 3.31. The van der Waals surface area contributed by atoms with Crippen LogP contribution in [-0.4, -0.2) is 51.2 Å². The van der Waals surface area contributed by atoms with Crippen molar-refractivity contribution < 1.29 is 14.0 Å². The summed E-state index contributed by atoms with van der Waals surface area (Å²) in [5.41, 5.74) is 1.79. The molecule has 3 heterocycles. The SMILES string of the molecule is CSc1ncccc1C(=O)N1CCC(c2cc(C(=O)Nc3ccccc3F)n[nH]2)CC1. The fraction of sp³-hybridized carbons (Fsp3) is 0.273. The Morgan fingerprint density at radius 2 is 1.97 bits per heavy atom. The molecule has 9 heteroatoms. The molecule has 0 unspecified atom stereocenters. The van der Waals surface area contributed by atoms with Gasteiger partial charge < -0.3 is 10.2 Å². The standard InChI is InChI=1S/C22H22FN5O2S/c1-31-21-15(5-4-10-24-21)22(30)28-11-8-14(9-12-28)18-13-19(27-26-18)20(29)25-17-7-3-2-6-16(17)23/h2-7,10,13-14H,8-9,11-12H2,1H3,(H,25,29)(H,26,27). The Kier molecular flexibility index (Phi) is 6.31. The maximum Gasteiger partial charge on any atom is 0.276 e. The third-order valence-electron chi connectivity index (χ3n) is 5.37. The minimum absolute atomic E-state index is 0.00883. The molecule has 1 aliphatic heterocycles. The normalized spacial score (nSPS) is 14.5. The zero-order valence-corrected chi connectivity index (χ0v) is 17.8. The summed E-state index contributed by atoms with van der Waals surface area (Å²) in [7, 11) is 0. The van der Waals surface area contributed by atoms with Gasteiger partial charge in [-0.3, -0.25) is 14.7 Å². The monoisotopic (exact) mass is 439 g/mol. The molecule has 0 atom stereocenters. The topological polar surface area (TPSA) is 91.0 Å². The van der Waals surface area contributed by atoms with E-state index in [0.29, 0.717) is 18.7 Å². The molecule has 2 amide bonds. The minimum atomic E-state index is -0.498. The summed E-state index contributed by atoms with van der Waals surface area (Å²) in [6, 6.07) is 11.3. The van der Waals surface area contributed by atoms with E-state index < -0.39 is 11.7 Å². The number of para-hydroxylation sites is 1. The Labute approximate surface area is 183 Å². The van der Waals surface area contributed by atoms with E-state index in [2.05, 4.69) is 20.5 Å². The predicted molar refractivity (Wildman–Crippen MR) is 117 cm³/mol. The number of hydrogen-bond donors (Lipinski definition) is 2. The zero-order chi connectivity index (χ0) is 21.8. The Bertz CT molecular complexity index is 1090. The highest BCUT2D eigenvalue weighted by atomic mass is 32.2. The molecule has 1 saturated heterocycles. The van der Waals surface area contributed by atoms with Gasteiger partial charge in [-0.1, -0.05) is 12.1 Å². The molecule has 7 nitrogen and oxygen atoms in total. The molecule has 1 aliphatic rings. The number of halogens is 1. The molecule has 1 fully saturated rings. The van der Waals surface area contributed by atoms with Crippen molar-refractivity contribution in [1.82, 2.24) is 20.1 Å². The molecule has 1 aromatic carbocycles. The van der Waals surface area contributed by atoms with Crippen molar-refractivity contribution in [2.24, 2.45) is 0 Å². The number of piperidine rings is 1. The summed E-state index contributed by atoms with van der Waals surface area (Å²) in [4.78, 5) is 31.4. The highest BCUT2D eigenvalue weighted by Gasteiger charge is 2.27. The molecule has 3 aromatic rings. The van der Waals surface area contributed by atoms with Crippen LogP contribution in [0.5, 0.6) is 0 Å². The van der Waals surface area contributed by atoms with Gasteiger partial charge in [-0.15, -0.1) is 11.8 Å². The van der Waals surface area contributed by atoms with E-state index in [0.717, 1.165) is 23.6 Å². The van der Waals surface area contributed by atoms with Gasteiger partial charge in [-0.25, -0.2) is 9.37 Å². The quantitative estimate of drug-likeness (QED) is 0.588. The third-order valence-corrected chi connectivity index (χ3v) is 6.08. The number of benzene rings is 1. The van der Waals surface area contributed by atoms with E-state index in [4.69, 9.17) is 0 Å². The summed E-state index contributed by atoms with van der Waals surface area (Å²) in [6.45, 7) is 1.23. The summed E-state index contributed by atoms with van der Waals surface area (Å²) in [5.74, 6) is -0.811. The van der Waals surface area contributed by atoms with Crippen LogP contribution in [0.4, 0.5) is 10.1 Å². The van der Waals surface area contributed by atoms with E-state index in [-0.39, 0.29) is 23.2 Å². The Hall–Kier alpha value is -3.20. The van der Waals surface area contributed by atoms with Crippen molar-refractivity contribution in [2.75, 3.05) is 24.7 Å². The lowest BCUT2D eigenvalue weighted by Crippen LogP contribution is -2.38. The van der Waals surface area contributed by atoms with Crippen LogP contribution in [0.15, 0.2) is 53.7 Å². The van der Waals surface area contributed by atoms with E-state index >= 15 is 0 Å². The molecular weight excluding hydrogens is 417 g/mol. The number of rotatable bonds is 5. The number of pyridine rings is 1. The van der Waals surface area contributed by atoms with Crippen molar-refractivity contribution >= 4 is 29.3 Å². The van der Waals surface area contributed by atoms with Gasteiger partial charge in [0, 0.05) is 30.9 Å². The summed E-state index contributed by atoms with van der Waals surface area (Å²) >= 11 is 1.46. The van der Waals surface area contributed by atoms with Crippen LogP contribution in [0.3, 0.4) is 0 Å². The summed E-state index contributed by atoms with van der Waals surface area (Å²) in [6.07, 6.45) is 5.12. The second kappa shape index (κ2) is 9.30. The van der Waals surface area contributed by atoms with Crippen LogP contribution in [-0.2, 0) is 0 Å². The number of thioether (sulfide) groups is 1. The molecular formula is C22H22FN5O2S. The van der Waals surface area contributed by atoms with Gasteiger partial charge in [-0.05, 0) is 49.4 Å². The molecule has 160 valence electrons. The number of hydrogen-bond acceptors (Lipinski definition) is 5. The number of likely N-dealkylation sites (tertiary alicyclic amines) is 1. The zero-order valence-electron chi connectivity index (χ0n) is 17.0. The van der Waals surface area contributed by atoms with Gasteiger partial charge in [-0.2, -0.15) is 5.10 Å². The second-order valence-electron chi connectivity index (χ2n) is 7.27. The number of anilines is 1. The van der Waals surface area contributed by atoms with Crippen molar-refractivity contribution in [3.8, 4) is 0 Å². The van der Waals surface area contributed by atoms with Gasteiger partial charge in [0.25, 0.3) is 11.8 Å². The van der Waals surface area contributed by atoms with E-state index in [1.165, 1.54) is 23.9 Å². The molecule has 0 aliphatic carbocycles. The number of aromatic amines is 1. The first-order valence-corrected chi connectivity index (χ1v) is 11.2. The maximum atomic E-state index is 13.8. The van der Waals surface area contributed by atoms with Crippen LogP contribution in [0.2, 0.25) is 0 Å². The summed E-state index contributed by atoms with van der Waals surface area (Å²) < 4.78 is 13.8. The van der Waals surface area contributed by atoms with Gasteiger partial charge in [0.2, 0.25) is 0 Å². The van der Waals surface area contributed by atoms with Crippen LogP contribution in [0.1, 0.15) is 45.3 Å². The number of carbonyl (C=O) groups excluding carboxylic acids is 2. The number of aromatic nitrogens is 3. The van der Waals surface area contributed by atoms with Crippen LogP contribution < -0.4 is 5.32 Å². The lowest BCUT2D eigenvalue weighted by Gasteiger charge is -2.31. The van der Waals surface area contributed by atoms with E-state index in [1.807, 2.05) is 17.2 Å². The number of carbonyl (C=O) groups is 2. The highest BCUT2D eigenvalue weighted by molar-refractivity contribution is 7.98. The number of H-pyrrole nitrogens is 1. The lowest BCUT2D eigenvalue weighted by molar-refractivity contribution is 0.0707. The molecule has 0 bridgehead atoms. The largest absolute Gasteiger partial charge is 0.339 e. The Balaban J connectivity index is 1.37. The van der Waals surface area contributed by atoms with Crippen LogP contribution in [0, 0.1) is 5.82 Å². The van der Waals surface area contributed by atoms with Crippen molar-refractivity contribution in [3.63, 3.8) is 0 Å². The fourth-order valence-corrected chi connectivity index (χ4v) is 4.23. The molecule has 0 saturated carbocycles. The third kappa shape index (κ3) is 4.61. The minimum Gasteiger partial charge on any atom is -0.339 e. The van der Waals surface area contributed by atoms with E-state index in [9.17, 15) is 14.0 Å². The predicted octanol–water partition coefficient (Wildman–Crippen LogP) is 3.94. The van der Waals surface area contributed by atoms with Gasteiger partial charge in [0.15, 0.2) is 5.69 Å². The van der Waals surface area contributed by atoms with Crippen molar-refractivity contribution in [3.05, 3.63) is 71.4 Å². The molecule has 0 radical (unpaired) electrons. The van der Waals surface area contributed by atoms with Gasteiger partial charge in [0.05, 0.1) is 11.3 Å². The number of nitrogens with one attached hydrogen (secondary N) is 2. The molecule has 2 N–H and O–H groups in total. The van der Waals surface area contributed by atoms with Crippen LogP contribution in [0.25, 0.3) is 0 Å². The molecule has 4 rings (SSSR count). The molecule has 2 aromatic heterocycles. The van der Waals surface area contributed by atoms with Gasteiger partial charge in [0.1, 0.15) is 10.8 Å². The smallest absolute Gasteiger partial charge is 0.276 e. The van der Waals surface area contributed by atoms with Gasteiger partial charge >= 0.3 is 0 Å². The van der Waals surface area contributed by atoms with E-state index in [1.54, 1.807) is 30.5 Å². The Morgan fingerprint density at radius 1 is 1.19 bits per heavy atom. The number of nitrogens with zero attached hydrogens (tertiary/aromatic N) is 3.